The predicted molar refractivity (Wildman–Crippen MR) is 66.5 cm³/mol. The number of rotatable bonds is 5. The Balaban J connectivity index is 1.81. The van der Waals surface area contributed by atoms with E-state index in [0.717, 1.165) is 15.3 Å². The lowest BCUT2D eigenvalue weighted by molar-refractivity contribution is -0.190. The van der Waals surface area contributed by atoms with Crippen LogP contribution in [0.5, 0.6) is 0 Å². The van der Waals surface area contributed by atoms with Crippen LogP contribution in [0.1, 0.15) is 4.88 Å². The van der Waals surface area contributed by atoms with Gasteiger partial charge in [0.15, 0.2) is 6.61 Å². The Morgan fingerprint density at radius 3 is 2.78 bits per heavy atom. The van der Waals surface area contributed by atoms with Crippen LogP contribution in [0.3, 0.4) is 0 Å². The maximum absolute atomic E-state index is 11.8. The first-order valence-electron chi connectivity index (χ1n) is 5.07. The molecule has 0 fully saturated rings. The van der Waals surface area contributed by atoms with Crippen LogP contribution in [0.2, 0.25) is 0 Å². The van der Waals surface area contributed by atoms with Gasteiger partial charge in [0.1, 0.15) is 0 Å². The molecule has 0 aliphatic heterocycles. The largest absolute Gasteiger partial charge is 0.413 e. The normalized spacial score (nSPS) is 11.9. The monoisotopic (exact) mass is 293 g/mol. The minimum absolute atomic E-state index is 0.270. The van der Waals surface area contributed by atoms with E-state index < -0.39 is 12.8 Å². The molecule has 2 aromatic heterocycles. The van der Waals surface area contributed by atoms with Gasteiger partial charge >= 0.3 is 6.18 Å². The van der Waals surface area contributed by atoms with E-state index in [4.69, 9.17) is 0 Å². The highest BCUT2D eigenvalue weighted by atomic mass is 32.1. The van der Waals surface area contributed by atoms with Crippen LogP contribution in [-0.2, 0) is 11.4 Å². The summed E-state index contributed by atoms with van der Waals surface area (Å²) >= 11 is 3.12. The first kappa shape index (κ1) is 13.5. The summed E-state index contributed by atoms with van der Waals surface area (Å²) in [5, 5.41) is 3.96. The van der Waals surface area contributed by atoms with Crippen molar-refractivity contribution in [2.24, 2.45) is 0 Å². The van der Waals surface area contributed by atoms with E-state index in [0.29, 0.717) is 0 Å². The van der Waals surface area contributed by atoms with Gasteiger partial charge in [0.05, 0.1) is 6.54 Å². The fourth-order valence-electron chi connectivity index (χ4n) is 1.30. The third kappa shape index (κ3) is 4.09. The Hall–Kier alpha value is -0.890. The van der Waals surface area contributed by atoms with Crippen molar-refractivity contribution >= 4 is 22.7 Å². The van der Waals surface area contributed by atoms with E-state index in [9.17, 15) is 13.2 Å². The lowest BCUT2D eigenvalue weighted by atomic mass is 10.2. The van der Waals surface area contributed by atoms with Gasteiger partial charge in [0, 0.05) is 15.3 Å². The molecule has 0 radical (unpaired) electrons. The fraction of sp³-hybridized carbons (Fsp3) is 0.273. The Bertz CT molecular complexity index is 479. The van der Waals surface area contributed by atoms with Gasteiger partial charge in [-0.15, -0.1) is 22.7 Å². The van der Waals surface area contributed by atoms with Crippen molar-refractivity contribution in [3.8, 4) is 10.4 Å². The maximum Gasteiger partial charge on any atom is 0.413 e. The van der Waals surface area contributed by atoms with E-state index in [1.807, 2.05) is 29.0 Å². The third-order valence-corrected chi connectivity index (χ3v) is 3.90. The van der Waals surface area contributed by atoms with E-state index >= 15 is 0 Å². The van der Waals surface area contributed by atoms with Crippen LogP contribution < -0.4 is 5.48 Å². The van der Waals surface area contributed by atoms with E-state index in [1.54, 1.807) is 11.3 Å². The van der Waals surface area contributed by atoms with E-state index in [2.05, 4.69) is 10.3 Å². The first-order chi connectivity index (χ1) is 8.54. The van der Waals surface area contributed by atoms with Crippen LogP contribution in [-0.4, -0.2) is 12.8 Å². The number of halogens is 3. The minimum atomic E-state index is -4.30. The second kappa shape index (κ2) is 5.83. The molecular formula is C11H10F3NOS2. The predicted octanol–water partition coefficient (Wildman–Crippen LogP) is 4.06. The third-order valence-electron chi connectivity index (χ3n) is 2.04. The van der Waals surface area contributed by atoms with Crippen molar-refractivity contribution in [1.82, 2.24) is 5.48 Å². The van der Waals surface area contributed by atoms with Crippen LogP contribution in [0.25, 0.3) is 10.4 Å². The van der Waals surface area contributed by atoms with Crippen LogP contribution in [0.15, 0.2) is 29.0 Å². The second-order valence-electron chi connectivity index (χ2n) is 3.50. The zero-order valence-corrected chi connectivity index (χ0v) is 10.8. The molecule has 0 spiro atoms. The number of hydrogen-bond donors (Lipinski definition) is 1. The Morgan fingerprint density at radius 1 is 1.28 bits per heavy atom. The summed E-state index contributed by atoms with van der Waals surface area (Å²) in [4.78, 5) is 6.41. The molecule has 2 heterocycles. The van der Waals surface area contributed by atoms with Gasteiger partial charge in [-0.1, -0.05) is 6.07 Å². The van der Waals surface area contributed by atoms with Crippen LogP contribution in [0, 0.1) is 0 Å². The highest BCUT2D eigenvalue weighted by molar-refractivity contribution is 7.14. The van der Waals surface area contributed by atoms with Crippen LogP contribution >= 0.6 is 22.7 Å². The van der Waals surface area contributed by atoms with Crippen molar-refractivity contribution in [1.29, 1.82) is 0 Å². The zero-order valence-electron chi connectivity index (χ0n) is 9.16. The standard InChI is InChI=1S/C11H10F3NOS2/c12-11(13,14)7-16-15-5-9-4-8(6-18-9)10-2-1-3-17-10/h1-4,6,15H,5,7H2. The van der Waals surface area contributed by atoms with Crippen LogP contribution in [0.4, 0.5) is 13.2 Å². The molecular weight excluding hydrogens is 283 g/mol. The average molecular weight is 293 g/mol. The van der Waals surface area contributed by atoms with Crippen molar-refractivity contribution in [2.45, 2.75) is 12.7 Å². The van der Waals surface area contributed by atoms with Gasteiger partial charge in [-0.05, 0) is 22.9 Å². The van der Waals surface area contributed by atoms with Gasteiger partial charge in [-0.25, -0.2) is 0 Å². The molecule has 2 aromatic rings. The summed E-state index contributed by atoms with van der Waals surface area (Å²) < 4.78 is 35.4. The molecule has 98 valence electrons. The van der Waals surface area contributed by atoms with Gasteiger partial charge < -0.3 is 0 Å². The van der Waals surface area contributed by atoms with Gasteiger partial charge in [0.25, 0.3) is 0 Å². The van der Waals surface area contributed by atoms with E-state index in [-0.39, 0.29) is 6.54 Å². The SMILES string of the molecule is FC(F)(F)CONCc1cc(-c2cccs2)cs1. The molecule has 0 bridgehead atoms. The molecule has 7 heteroatoms. The molecule has 2 nitrogen and oxygen atoms in total. The molecule has 1 N–H and O–H groups in total. The summed E-state index contributed by atoms with van der Waals surface area (Å²) in [6.07, 6.45) is -4.30. The summed E-state index contributed by atoms with van der Waals surface area (Å²) in [5.41, 5.74) is 3.40. The first-order valence-corrected chi connectivity index (χ1v) is 6.83. The van der Waals surface area contributed by atoms with Crippen molar-refractivity contribution in [2.75, 3.05) is 6.61 Å². The number of hydroxylamine groups is 1. The number of thiophene rings is 2. The maximum atomic E-state index is 11.8. The highest BCUT2D eigenvalue weighted by Crippen LogP contribution is 2.29. The molecule has 0 unspecified atom stereocenters. The number of hydrogen-bond acceptors (Lipinski definition) is 4. The highest BCUT2D eigenvalue weighted by Gasteiger charge is 2.27. The van der Waals surface area contributed by atoms with Gasteiger partial charge in [0.2, 0.25) is 0 Å². The smallest absolute Gasteiger partial charge is 0.292 e. The Labute approximate surface area is 110 Å². The summed E-state index contributed by atoms with van der Waals surface area (Å²) in [5.74, 6) is 0. The molecule has 0 aliphatic carbocycles. The lowest BCUT2D eigenvalue weighted by Gasteiger charge is -2.07. The molecule has 0 saturated heterocycles. The average Bonchev–Trinajstić information content (AvgIpc) is 2.93. The summed E-state index contributed by atoms with van der Waals surface area (Å²) in [6.45, 7) is -1.01. The molecule has 2 rings (SSSR count). The molecule has 0 atom stereocenters. The van der Waals surface area contributed by atoms with Gasteiger partial charge in [-0.2, -0.15) is 18.7 Å². The topological polar surface area (TPSA) is 21.3 Å². The number of alkyl halides is 3. The quantitative estimate of drug-likeness (QED) is 0.663. The molecule has 0 amide bonds. The Kier molecular flexibility index (Phi) is 4.39. The van der Waals surface area contributed by atoms with Crippen molar-refractivity contribution < 1.29 is 18.0 Å². The Morgan fingerprint density at radius 2 is 2.11 bits per heavy atom. The summed E-state index contributed by atoms with van der Waals surface area (Å²) in [6, 6.07) is 5.91. The van der Waals surface area contributed by atoms with Gasteiger partial charge in [-0.3, -0.25) is 4.84 Å². The van der Waals surface area contributed by atoms with E-state index in [1.165, 1.54) is 11.3 Å². The molecule has 0 aromatic carbocycles. The lowest BCUT2D eigenvalue weighted by Crippen LogP contribution is -2.24. The van der Waals surface area contributed by atoms with Crippen molar-refractivity contribution in [3.63, 3.8) is 0 Å². The number of nitrogens with one attached hydrogen (secondary N) is 1. The summed E-state index contributed by atoms with van der Waals surface area (Å²) in [7, 11) is 0. The van der Waals surface area contributed by atoms with Crippen molar-refractivity contribution in [3.05, 3.63) is 33.8 Å². The second-order valence-corrected chi connectivity index (χ2v) is 5.45. The zero-order chi connectivity index (χ0) is 13.0. The minimum Gasteiger partial charge on any atom is -0.292 e. The fourth-order valence-corrected chi connectivity index (χ4v) is 2.90. The molecule has 0 saturated carbocycles. The molecule has 0 aliphatic rings. The molecule has 18 heavy (non-hydrogen) atoms.